The van der Waals surface area contributed by atoms with Gasteiger partial charge in [-0.25, -0.2) is 17.9 Å². The zero-order valence-electron chi connectivity index (χ0n) is 21.5. The molecule has 1 atom stereocenters. The second kappa shape index (κ2) is 18.3. The van der Waals surface area contributed by atoms with Crippen molar-refractivity contribution in [2.75, 3.05) is 45.3 Å². The van der Waals surface area contributed by atoms with E-state index in [0.717, 1.165) is 19.3 Å². The van der Waals surface area contributed by atoms with E-state index in [2.05, 4.69) is 17.0 Å². The molecule has 1 fully saturated rings. The third-order valence-corrected chi connectivity index (χ3v) is 7.52. The Hall–Kier alpha value is -2.04. The first-order chi connectivity index (χ1) is 16.8. The predicted molar refractivity (Wildman–Crippen MR) is 139 cm³/mol. The Labute approximate surface area is 211 Å². The van der Waals surface area contributed by atoms with Gasteiger partial charge in [0.25, 0.3) is 0 Å². The van der Waals surface area contributed by atoms with Crippen molar-refractivity contribution in [2.45, 2.75) is 76.9 Å². The SMILES string of the molecule is CCCCCCCCCC1CCNS1(=O)=O.CCNc1cc(O)ccc1OCC(=O)OCCOC. The van der Waals surface area contributed by atoms with Crippen LogP contribution in [-0.4, -0.2) is 64.8 Å². The number of hydrogen-bond donors (Lipinski definition) is 3. The third kappa shape index (κ3) is 13.6. The molecule has 0 aliphatic carbocycles. The third-order valence-electron chi connectivity index (χ3n) is 5.56. The molecule has 0 bridgehead atoms. The number of phenolic OH excluding ortho intramolecular Hbond substituents is 1. The van der Waals surface area contributed by atoms with E-state index in [1.54, 1.807) is 6.07 Å². The van der Waals surface area contributed by atoms with Gasteiger partial charge >= 0.3 is 5.97 Å². The summed E-state index contributed by atoms with van der Waals surface area (Å²) in [5.74, 6) is 0.155. The molecule has 1 aromatic carbocycles. The molecular weight excluding hydrogens is 472 g/mol. The van der Waals surface area contributed by atoms with E-state index in [1.807, 2.05) is 6.92 Å². The summed E-state index contributed by atoms with van der Waals surface area (Å²) in [5, 5.41) is 12.3. The lowest BCUT2D eigenvalue weighted by Gasteiger charge is -2.12. The van der Waals surface area contributed by atoms with Gasteiger partial charge in [0.05, 0.1) is 17.5 Å². The maximum Gasteiger partial charge on any atom is 0.344 e. The van der Waals surface area contributed by atoms with Gasteiger partial charge in [-0.15, -0.1) is 0 Å². The maximum atomic E-state index is 11.5. The summed E-state index contributed by atoms with van der Waals surface area (Å²) in [7, 11) is -1.41. The molecule has 202 valence electrons. The summed E-state index contributed by atoms with van der Waals surface area (Å²) in [4.78, 5) is 11.4. The van der Waals surface area contributed by atoms with Crippen LogP contribution in [0.3, 0.4) is 0 Å². The van der Waals surface area contributed by atoms with E-state index in [1.165, 1.54) is 57.8 Å². The number of carbonyl (C=O) groups is 1. The van der Waals surface area contributed by atoms with Gasteiger partial charge in [-0.05, 0) is 31.9 Å². The number of benzene rings is 1. The molecule has 0 radical (unpaired) electrons. The van der Waals surface area contributed by atoms with Gasteiger partial charge in [0.15, 0.2) is 6.61 Å². The van der Waals surface area contributed by atoms with E-state index in [-0.39, 0.29) is 24.2 Å². The Morgan fingerprint density at radius 2 is 1.83 bits per heavy atom. The average Bonchev–Trinajstić information content (AvgIpc) is 3.16. The Morgan fingerprint density at radius 1 is 1.11 bits per heavy atom. The van der Waals surface area contributed by atoms with Crippen molar-refractivity contribution in [3.05, 3.63) is 18.2 Å². The summed E-state index contributed by atoms with van der Waals surface area (Å²) in [5.41, 5.74) is 0.632. The second-order valence-electron chi connectivity index (χ2n) is 8.47. The molecule has 0 spiro atoms. The van der Waals surface area contributed by atoms with Crippen molar-refractivity contribution in [1.82, 2.24) is 4.72 Å². The van der Waals surface area contributed by atoms with E-state index >= 15 is 0 Å². The Balaban J connectivity index is 0.000000355. The minimum absolute atomic E-state index is 0.108. The minimum atomic E-state index is -2.94. The number of ether oxygens (including phenoxy) is 3. The van der Waals surface area contributed by atoms with Crippen LogP contribution < -0.4 is 14.8 Å². The van der Waals surface area contributed by atoms with Crippen LogP contribution in [-0.2, 0) is 24.3 Å². The summed E-state index contributed by atoms with van der Waals surface area (Å²) >= 11 is 0. The number of esters is 1. The first-order valence-electron chi connectivity index (χ1n) is 12.7. The molecule has 1 saturated heterocycles. The van der Waals surface area contributed by atoms with Crippen molar-refractivity contribution >= 4 is 21.7 Å². The van der Waals surface area contributed by atoms with Crippen molar-refractivity contribution in [1.29, 1.82) is 0 Å². The minimum Gasteiger partial charge on any atom is -0.508 e. The number of phenols is 1. The molecule has 10 heteroatoms. The smallest absolute Gasteiger partial charge is 0.344 e. The second-order valence-corrected chi connectivity index (χ2v) is 10.5. The number of nitrogens with one attached hydrogen (secondary N) is 2. The zero-order valence-corrected chi connectivity index (χ0v) is 22.3. The molecule has 0 saturated carbocycles. The van der Waals surface area contributed by atoms with Crippen molar-refractivity contribution in [3.63, 3.8) is 0 Å². The van der Waals surface area contributed by atoms with Crippen LogP contribution in [0.4, 0.5) is 5.69 Å². The molecule has 1 aliphatic rings. The van der Waals surface area contributed by atoms with Gasteiger partial charge < -0.3 is 24.6 Å². The summed E-state index contributed by atoms with van der Waals surface area (Å²) < 4.78 is 40.5. The number of sulfonamides is 1. The van der Waals surface area contributed by atoms with Crippen LogP contribution in [0.5, 0.6) is 11.5 Å². The Morgan fingerprint density at radius 3 is 2.46 bits per heavy atom. The molecule has 0 amide bonds. The van der Waals surface area contributed by atoms with Gasteiger partial charge in [0.2, 0.25) is 10.0 Å². The molecule has 35 heavy (non-hydrogen) atoms. The highest BCUT2D eigenvalue weighted by molar-refractivity contribution is 7.90. The largest absolute Gasteiger partial charge is 0.508 e. The van der Waals surface area contributed by atoms with Crippen LogP contribution in [0.1, 0.15) is 71.6 Å². The molecule has 1 aromatic rings. The molecule has 9 nitrogen and oxygen atoms in total. The molecule has 0 aromatic heterocycles. The fraction of sp³-hybridized carbons (Fsp3) is 0.720. The maximum absolute atomic E-state index is 11.5. The van der Waals surface area contributed by atoms with Gasteiger partial charge in [-0.1, -0.05) is 51.9 Å². The molecule has 1 aliphatic heterocycles. The number of anilines is 1. The molecule has 3 N–H and O–H groups in total. The van der Waals surface area contributed by atoms with Crippen LogP contribution in [0.2, 0.25) is 0 Å². The lowest BCUT2D eigenvalue weighted by Crippen LogP contribution is -2.23. The first kappa shape index (κ1) is 31.0. The zero-order chi connectivity index (χ0) is 25.9. The first-order valence-corrected chi connectivity index (χ1v) is 14.2. The van der Waals surface area contributed by atoms with Crippen LogP contribution in [0, 0.1) is 0 Å². The number of carbonyl (C=O) groups excluding carboxylic acids is 1. The molecule has 2 rings (SSSR count). The normalized spacial score (nSPS) is 16.3. The standard InChI is InChI=1S/C13H19NO5.C12H25NO2S/c1-3-14-11-8-10(15)4-5-12(11)19-9-13(16)18-7-6-17-2;1-2-3-4-5-6-7-8-9-12-10-11-13-16(12,14)15/h4-5,8,14-15H,3,6-7,9H2,1-2H3;12-13H,2-11H2,1H3. The Bertz CT molecular complexity index is 818. The fourth-order valence-electron chi connectivity index (χ4n) is 3.65. The van der Waals surface area contributed by atoms with E-state index < -0.39 is 16.0 Å². The predicted octanol–water partition coefficient (Wildman–Crippen LogP) is 4.21. The van der Waals surface area contributed by atoms with Gasteiger partial charge in [0, 0.05) is 26.3 Å². The summed E-state index contributed by atoms with van der Waals surface area (Å²) in [6.45, 7) is 5.83. The van der Waals surface area contributed by atoms with Crippen molar-refractivity contribution in [2.24, 2.45) is 0 Å². The molecule has 1 heterocycles. The van der Waals surface area contributed by atoms with E-state index in [4.69, 9.17) is 14.2 Å². The lowest BCUT2D eigenvalue weighted by atomic mass is 10.1. The van der Waals surface area contributed by atoms with E-state index in [9.17, 15) is 18.3 Å². The highest BCUT2D eigenvalue weighted by Crippen LogP contribution is 2.28. The number of aromatic hydroxyl groups is 1. The highest BCUT2D eigenvalue weighted by Gasteiger charge is 2.29. The summed E-state index contributed by atoms with van der Waals surface area (Å²) in [6, 6.07) is 4.62. The van der Waals surface area contributed by atoms with E-state index in [0.29, 0.717) is 31.1 Å². The number of methoxy groups -OCH3 is 1. The lowest BCUT2D eigenvalue weighted by molar-refractivity contribution is -0.147. The topological polar surface area (TPSA) is 123 Å². The number of rotatable bonds is 16. The average molecular weight is 517 g/mol. The van der Waals surface area contributed by atoms with Crippen LogP contribution >= 0.6 is 0 Å². The van der Waals surface area contributed by atoms with Gasteiger partial charge in [-0.3, -0.25) is 0 Å². The fourth-order valence-corrected chi connectivity index (χ4v) is 5.20. The molecule has 1 unspecified atom stereocenters. The number of hydrogen-bond acceptors (Lipinski definition) is 8. The molecular formula is C25H44N2O7S. The quantitative estimate of drug-likeness (QED) is 0.221. The summed E-state index contributed by atoms with van der Waals surface area (Å²) in [6.07, 6.45) is 10.4. The van der Waals surface area contributed by atoms with Crippen molar-refractivity contribution < 1.29 is 32.5 Å². The van der Waals surface area contributed by atoms with Crippen molar-refractivity contribution in [3.8, 4) is 11.5 Å². The van der Waals surface area contributed by atoms with Crippen LogP contribution in [0.25, 0.3) is 0 Å². The highest BCUT2D eigenvalue weighted by atomic mass is 32.2. The monoisotopic (exact) mass is 516 g/mol. The van der Waals surface area contributed by atoms with Crippen LogP contribution in [0.15, 0.2) is 18.2 Å². The Kier molecular flexibility index (Phi) is 16.2. The van der Waals surface area contributed by atoms with Gasteiger partial charge in [0.1, 0.15) is 18.1 Å². The number of unbranched alkanes of at least 4 members (excludes halogenated alkanes) is 6. The van der Waals surface area contributed by atoms with Gasteiger partial charge in [-0.2, -0.15) is 0 Å².